The zero-order valence-corrected chi connectivity index (χ0v) is 13.6. The predicted octanol–water partition coefficient (Wildman–Crippen LogP) is 3.77. The second-order valence-corrected chi connectivity index (χ2v) is 6.19. The molecular formula is C16H36N2. The summed E-state index contributed by atoms with van der Waals surface area (Å²) in [7, 11) is 0. The molecule has 0 saturated heterocycles. The van der Waals surface area contributed by atoms with Gasteiger partial charge >= 0.3 is 0 Å². The van der Waals surface area contributed by atoms with Crippen LogP contribution in [0.15, 0.2) is 0 Å². The summed E-state index contributed by atoms with van der Waals surface area (Å²) in [5, 5.41) is 3.53. The van der Waals surface area contributed by atoms with Crippen LogP contribution in [-0.4, -0.2) is 37.1 Å². The van der Waals surface area contributed by atoms with Gasteiger partial charge in [0.1, 0.15) is 0 Å². The van der Waals surface area contributed by atoms with E-state index >= 15 is 0 Å². The van der Waals surface area contributed by atoms with Crippen molar-refractivity contribution >= 4 is 0 Å². The van der Waals surface area contributed by atoms with E-state index in [1.54, 1.807) is 0 Å². The Morgan fingerprint density at radius 3 is 2.22 bits per heavy atom. The fourth-order valence-electron chi connectivity index (χ4n) is 2.25. The third kappa shape index (κ3) is 8.93. The van der Waals surface area contributed by atoms with Gasteiger partial charge in [-0.1, -0.05) is 41.0 Å². The minimum Gasteiger partial charge on any atom is -0.316 e. The van der Waals surface area contributed by atoms with Crippen molar-refractivity contribution < 1.29 is 0 Å². The lowest BCUT2D eigenvalue weighted by atomic mass is 10.1. The second-order valence-electron chi connectivity index (χ2n) is 6.19. The normalized spacial score (nSPS) is 15.3. The van der Waals surface area contributed by atoms with Crippen LogP contribution in [0, 0.1) is 11.8 Å². The summed E-state index contributed by atoms with van der Waals surface area (Å²) in [5.41, 5.74) is 0. The van der Waals surface area contributed by atoms with Crippen molar-refractivity contribution in [3.63, 3.8) is 0 Å². The highest BCUT2D eigenvalue weighted by Crippen LogP contribution is 2.11. The topological polar surface area (TPSA) is 15.3 Å². The monoisotopic (exact) mass is 256 g/mol. The van der Waals surface area contributed by atoms with Crippen LogP contribution in [0.25, 0.3) is 0 Å². The van der Waals surface area contributed by atoms with Crippen LogP contribution in [0.3, 0.4) is 0 Å². The number of nitrogens with zero attached hydrogens (tertiary/aromatic N) is 1. The molecule has 0 aliphatic heterocycles. The molecular weight excluding hydrogens is 220 g/mol. The first kappa shape index (κ1) is 17.9. The van der Waals surface area contributed by atoms with E-state index < -0.39 is 0 Å². The molecule has 0 rings (SSSR count). The van der Waals surface area contributed by atoms with E-state index in [0.717, 1.165) is 24.4 Å². The Labute approximate surface area is 116 Å². The van der Waals surface area contributed by atoms with Gasteiger partial charge in [-0.3, -0.25) is 0 Å². The molecule has 18 heavy (non-hydrogen) atoms. The van der Waals surface area contributed by atoms with E-state index in [2.05, 4.69) is 51.8 Å². The number of hydrogen-bond donors (Lipinski definition) is 1. The Bertz CT molecular complexity index is 180. The van der Waals surface area contributed by atoms with Crippen LogP contribution in [0.4, 0.5) is 0 Å². The van der Waals surface area contributed by atoms with E-state index in [9.17, 15) is 0 Å². The molecule has 110 valence electrons. The molecule has 2 nitrogen and oxygen atoms in total. The van der Waals surface area contributed by atoms with Crippen molar-refractivity contribution in [2.75, 3.05) is 26.2 Å². The smallest absolute Gasteiger partial charge is 0.00673 e. The molecule has 0 amide bonds. The molecule has 0 fully saturated rings. The maximum Gasteiger partial charge on any atom is 0.00673 e. The molecule has 0 bridgehead atoms. The summed E-state index contributed by atoms with van der Waals surface area (Å²) >= 11 is 0. The van der Waals surface area contributed by atoms with E-state index in [0.29, 0.717) is 0 Å². The average molecular weight is 256 g/mol. The number of hydrogen-bond acceptors (Lipinski definition) is 2. The standard InChI is InChI=1S/C16H36N2/c1-7-15(5)13-18(8-2)16(6)10-9-11-17-12-14(3)4/h14-17H,7-13H2,1-6H3. The molecule has 0 radical (unpaired) electrons. The third-order valence-corrected chi connectivity index (χ3v) is 3.80. The predicted molar refractivity (Wildman–Crippen MR) is 83.1 cm³/mol. The van der Waals surface area contributed by atoms with Crippen LogP contribution >= 0.6 is 0 Å². The lowest BCUT2D eigenvalue weighted by Crippen LogP contribution is -2.36. The quantitative estimate of drug-likeness (QED) is 0.566. The summed E-state index contributed by atoms with van der Waals surface area (Å²) < 4.78 is 0. The van der Waals surface area contributed by atoms with Gasteiger partial charge in [-0.05, 0) is 51.2 Å². The van der Waals surface area contributed by atoms with Crippen molar-refractivity contribution in [2.45, 2.75) is 66.8 Å². The molecule has 0 heterocycles. The third-order valence-electron chi connectivity index (χ3n) is 3.80. The molecule has 0 aromatic carbocycles. The van der Waals surface area contributed by atoms with Crippen molar-refractivity contribution in [3.05, 3.63) is 0 Å². The Balaban J connectivity index is 3.73. The molecule has 0 aromatic heterocycles. The Kier molecular flexibility index (Phi) is 10.8. The Morgan fingerprint density at radius 2 is 1.72 bits per heavy atom. The van der Waals surface area contributed by atoms with Crippen LogP contribution in [-0.2, 0) is 0 Å². The van der Waals surface area contributed by atoms with E-state index in [-0.39, 0.29) is 0 Å². The zero-order chi connectivity index (χ0) is 14.0. The summed E-state index contributed by atoms with van der Waals surface area (Å²) in [6, 6.07) is 0.727. The van der Waals surface area contributed by atoms with Gasteiger partial charge in [0.15, 0.2) is 0 Å². The Hall–Kier alpha value is -0.0800. The lowest BCUT2D eigenvalue weighted by Gasteiger charge is -2.30. The first-order valence-corrected chi connectivity index (χ1v) is 7.95. The SMILES string of the molecule is CCC(C)CN(CC)C(C)CCCNCC(C)C. The fraction of sp³-hybridized carbons (Fsp3) is 1.00. The maximum absolute atomic E-state index is 3.53. The molecule has 2 unspecified atom stereocenters. The van der Waals surface area contributed by atoms with Gasteiger partial charge in [-0.2, -0.15) is 0 Å². The van der Waals surface area contributed by atoms with E-state index in [4.69, 9.17) is 0 Å². The zero-order valence-electron chi connectivity index (χ0n) is 13.6. The summed E-state index contributed by atoms with van der Waals surface area (Å²) in [6.45, 7) is 18.6. The van der Waals surface area contributed by atoms with Gasteiger partial charge in [0.2, 0.25) is 0 Å². The molecule has 0 saturated carbocycles. The minimum atomic E-state index is 0.727. The van der Waals surface area contributed by atoms with Crippen LogP contribution in [0.1, 0.15) is 60.8 Å². The van der Waals surface area contributed by atoms with Crippen LogP contribution in [0.2, 0.25) is 0 Å². The molecule has 0 spiro atoms. The lowest BCUT2D eigenvalue weighted by molar-refractivity contribution is 0.178. The van der Waals surface area contributed by atoms with Gasteiger partial charge in [0, 0.05) is 12.6 Å². The number of rotatable bonds is 11. The fourth-order valence-corrected chi connectivity index (χ4v) is 2.25. The van der Waals surface area contributed by atoms with Gasteiger partial charge in [0.25, 0.3) is 0 Å². The summed E-state index contributed by atoms with van der Waals surface area (Å²) in [5.74, 6) is 1.59. The highest BCUT2D eigenvalue weighted by atomic mass is 15.1. The maximum atomic E-state index is 3.53. The average Bonchev–Trinajstić information content (AvgIpc) is 2.34. The first-order valence-electron chi connectivity index (χ1n) is 7.95. The first-order chi connectivity index (χ1) is 8.51. The number of nitrogens with one attached hydrogen (secondary N) is 1. The van der Waals surface area contributed by atoms with Crippen LogP contribution < -0.4 is 5.32 Å². The van der Waals surface area contributed by atoms with Crippen molar-refractivity contribution in [2.24, 2.45) is 11.8 Å². The van der Waals surface area contributed by atoms with Gasteiger partial charge < -0.3 is 10.2 Å². The summed E-state index contributed by atoms with van der Waals surface area (Å²) in [4.78, 5) is 2.64. The second kappa shape index (κ2) is 10.8. The largest absolute Gasteiger partial charge is 0.316 e. The molecule has 1 N–H and O–H groups in total. The molecule has 2 atom stereocenters. The van der Waals surface area contributed by atoms with Gasteiger partial charge in [0.05, 0.1) is 0 Å². The van der Waals surface area contributed by atoms with Gasteiger partial charge in [-0.25, -0.2) is 0 Å². The highest BCUT2D eigenvalue weighted by Gasteiger charge is 2.13. The highest BCUT2D eigenvalue weighted by molar-refractivity contribution is 4.69. The van der Waals surface area contributed by atoms with Crippen molar-refractivity contribution in [3.8, 4) is 0 Å². The van der Waals surface area contributed by atoms with E-state index in [1.165, 1.54) is 38.9 Å². The van der Waals surface area contributed by atoms with Crippen molar-refractivity contribution in [1.29, 1.82) is 0 Å². The molecule has 0 aliphatic carbocycles. The molecule has 0 aliphatic rings. The van der Waals surface area contributed by atoms with Gasteiger partial charge in [-0.15, -0.1) is 0 Å². The molecule has 0 aromatic rings. The Morgan fingerprint density at radius 1 is 1.06 bits per heavy atom. The minimum absolute atomic E-state index is 0.727. The molecule has 2 heteroatoms. The van der Waals surface area contributed by atoms with Crippen LogP contribution in [0.5, 0.6) is 0 Å². The van der Waals surface area contributed by atoms with E-state index in [1.807, 2.05) is 0 Å². The summed E-state index contributed by atoms with van der Waals surface area (Å²) in [6.07, 6.45) is 3.90. The van der Waals surface area contributed by atoms with Crippen molar-refractivity contribution in [1.82, 2.24) is 10.2 Å².